The number of ether oxygens (including phenoxy) is 1. The molecule has 0 saturated heterocycles. The Labute approximate surface area is 133 Å². The highest BCUT2D eigenvalue weighted by atomic mass is 19.1. The summed E-state index contributed by atoms with van der Waals surface area (Å²) in [4.78, 5) is 34.7. The minimum atomic E-state index is -0.687. The van der Waals surface area contributed by atoms with Crippen molar-refractivity contribution in [3.05, 3.63) is 35.6 Å². The maximum atomic E-state index is 12.7. The fourth-order valence-corrected chi connectivity index (χ4v) is 2.42. The molecule has 124 valence electrons. The Kier molecular flexibility index (Phi) is 6.08. The molecule has 0 aliphatic heterocycles. The second-order valence-corrected chi connectivity index (χ2v) is 5.47. The van der Waals surface area contributed by atoms with Crippen LogP contribution in [0.4, 0.5) is 9.18 Å². The van der Waals surface area contributed by atoms with E-state index in [9.17, 15) is 18.8 Å². The van der Waals surface area contributed by atoms with E-state index in [0.717, 1.165) is 25.7 Å². The van der Waals surface area contributed by atoms with Crippen molar-refractivity contribution in [1.29, 1.82) is 0 Å². The first-order valence-corrected chi connectivity index (χ1v) is 7.53. The second-order valence-electron chi connectivity index (χ2n) is 5.47. The van der Waals surface area contributed by atoms with Crippen molar-refractivity contribution in [2.75, 3.05) is 6.61 Å². The fourth-order valence-electron chi connectivity index (χ4n) is 2.42. The van der Waals surface area contributed by atoms with Crippen molar-refractivity contribution >= 4 is 17.9 Å². The number of imide groups is 1. The number of esters is 1. The highest BCUT2D eigenvalue weighted by molar-refractivity contribution is 5.95. The fraction of sp³-hybridized carbons (Fsp3) is 0.438. The standard InChI is InChI=1S/C16H19FN2O4/c17-12-7-5-11(6-8-12)9-15(21)23-10-14(20)19-16(22)18-13-3-1-2-4-13/h5-8,13H,1-4,9-10H2,(H2,18,19,20,22). The number of urea groups is 1. The van der Waals surface area contributed by atoms with Gasteiger partial charge in [-0.3, -0.25) is 14.9 Å². The average molecular weight is 322 g/mol. The lowest BCUT2D eigenvalue weighted by molar-refractivity contribution is -0.147. The molecule has 0 spiro atoms. The number of rotatable bonds is 5. The molecule has 0 radical (unpaired) electrons. The van der Waals surface area contributed by atoms with Crippen molar-refractivity contribution in [2.45, 2.75) is 38.1 Å². The maximum absolute atomic E-state index is 12.7. The number of nitrogens with one attached hydrogen (secondary N) is 2. The van der Waals surface area contributed by atoms with Crippen LogP contribution in [0.15, 0.2) is 24.3 Å². The molecule has 1 saturated carbocycles. The molecule has 0 atom stereocenters. The summed E-state index contributed by atoms with van der Waals surface area (Å²) in [7, 11) is 0. The number of carbonyl (C=O) groups excluding carboxylic acids is 3. The normalized spacial score (nSPS) is 14.3. The molecule has 3 amide bonds. The molecule has 2 N–H and O–H groups in total. The van der Waals surface area contributed by atoms with Gasteiger partial charge in [-0.05, 0) is 30.5 Å². The van der Waals surface area contributed by atoms with Crippen LogP contribution in [0.5, 0.6) is 0 Å². The second kappa shape index (κ2) is 8.26. The Hall–Kier alpha value is -2.44. The van der Waals surface area contributed by atoms with E-state index in [-0.39, 0.29) is 12.5 Å². The third-order valence-corrected chi connectivity index (χ3v) is 3.57. The number of halogens is 1. The van der Waals surface area contributed by atoms with Gasteiger partial charge in [0, 0.05) is 6.04 Å². The summed E-state index contributed by atoms with van der Waals surface area (Å²) >= 11 is 0. The molecule has 1 aromatic rings. The predicted octanol–water partition coefficient (Wildman–Crippen LogP) is 1.68. The monoisotopic (exact) mass is 322 g/mol. The van der Waals surface area contributed by atoms with Gasteiger partial charge in [-0.25, -0.2) is 9.18 Å². The zero-order chi connectivity index (χ0) is 16.7. The molecule has 0 bridgehead atoms. The van der Waals surface area contributed by atoms with Gasteiger partial charge in [-0.1, -0.05) is 25.0 Å². The Bertz CT molecular complexity index is 568. The van der Waals surface area contributed by atoms with Crippen molar-refractivity contribution in [3.63, 3.8) is 0 Å². The van der Waals surface area contributed by atoms with Gasteiger partial charge in [0.15, 0.2) is 6.61 Å². The van der Waals surface area contributed by atoms with E-state index in [1.807, 2.05) is 0 Å². The number of amides is 3. The van der Waals surface area contributed by atoms with Crippen LogP contribution in [0.1, 0.15) is 31.2 Å². The van der Waals surface area contributed by atoms with Crippen LogP contribution >= 0.6 is 0 Å². The first-order valence-electron chi connectivity index (χ1n) is 7.53. The van der Waals surface area contributed by atoms with Gasteiger partial charge in [0.1, 0.15) is 5.82 Å². The molecule has 6 nitrogen and oxygen atoms in total. The number of carbonyl (C=O) groups is 3. The van der Waals surface area contributed by atoms with Crippen molar-refractivity contribution in [1.82, 2.24) is 10.6 Å². The first kappa shape index (κ1) is 16.9. The molecular weight excluding hydrogens is 303 g/mol. The van der Waals surface area contributed by atoms with E-state index in [1.54, 1.807) is 0 Å². The van der Waals surface area contributed by atoms with E-state index in [1.165, 1.54) is 24.3 Å². The number of hydrogen-bond acceptors (Lipinski definition) is 4. The van der Waals surface area contributed by atoms with Crippen LogP contribution in [-0.4, -0.2) is 30.6 Å². The van der Waals surface area contributed by atoms with Gasteiger partial charge in [-0.15, -0.1) is 0 Å². The summed E-state index contributed by atoms with van der Waals surface area (Å²) in [6.07, 6.45) is 3.89. The van der Waals surface area contributed by atoms with E-state index < -0.39 is 30.3 Å². The van der Waals surface area contributed by atoms with Gasteiger partial charge in [-0.2, -0.15) is 0 Å². The first-order chi connectivity index (χ1) is 11.0. The van der Waals surface area contributed by atoms with Crippen LogP contribution in [-0.2, 0) is 20.7 Å². The zero-order valence-corrected chi connectivity index (χ0v) is 12.6. The Balaban J connectivity index is 1.65. The number of hydrogen-bond donors (Lipinski definition) is 2. The molecule has 7 heteroatoms. The van der Waals surface area contributed by atoms with Gasteiger partial charge in [0.05, 0.1) is 6.42 Å². The van der Waals surface area contributed by atoms with Gasteiger partial charge in [0.2, 0.25) is 0 Å². The maximum Gasteiger partial charge on any atom is 0.321 e. The van der Waals surface area contributed by atoms with Crippen LogP contribution in [0.2, 0.25) is 0 Å². The molecule has 0 unspecified atom stereocenters. The van der Waals surface area contributed by atoms with E-state index in [0.29, 0.717) is 5.56 Å². The third-order valence-electron chi connectivity index (χ3n) is 3.57. The molecule has 1 aliphatic carbocycles. The minimum Gasteiger partial charge on any atom is -0.455 e. The SMILES string of the molecule is O=C(COC(=O)Cc1ccc(F)cc1)NC(=O)NC1CCCC1. The molecule has 1 fully saturated rings. The van der Waals surface area contributed by atoms with Crippen molar-refractivity contribution < 1.29 is 23.5 Å². The Morgan fingerprint density at radius 3 is 2.43 bits per heavy atom. The van der Waals surface area contributed by atoms with E-state index >= 15 is 0 Å². The highest BCUT2D eigenvalue weighted by Crippen LogP contribution is 2.17. The van der Waals surface area contributed by atoms with Crippen LogP contribution in [0, 0.1) is 5.82 Å². The Morgan fingerprint density at radius 1 is 1.13 bits per heavy atom. The quantitative estimate of drug-likeness (QED) is 0.808. The van der Waals surface area contributed by atoms with Crippen molar-refractivity contribution in [2.24, 2.45) is 0 Å². The predicted molar refractivity (Wildman–Crippen MR) is 80.0 cm³/mol. The van der Waals surface area contributed by atoms with Crippen LogP contribution in [0.3, 0.4) is 0 Å². The summed E-state index contributed by atoms with van der Waals surface area (Å²) in [5, 5.41) is 4.81. The third kappa shape index (κ3) is 6.06. The van der Waals surface area contributed by atoms with Gasteiger partial charge >= 0.3 is 12.0 Å². The minimum absolute atomic E-state index is 0.0676. The van der Waals surface area contributed by atoms with E-state index in [4.69, 9.17) is 4.74 Å². The average Bonchev–Trinajstić information content (AvgIpc) is 3.00. The largest absolute Gasteiger partial charge is 0.455 e. The smallest absolute Gasteiger partial charge is 0.321 e. The molecule has 1 aliphatic rings. The number of benzene rings is 1. The highest BCUT2D eigenvalue weighted by Gasteiger charge is 2.18. The lowest BCUT2D eigenvalue weighted by atomic mass is 10.1. The summed E-state index contributed by atoms with van der Waals surface area (Å²) in [6.45, 7) is -0.530. The lowest BCUT2D eigenvalue weighted by Gasteiger charge is -2.12. The van der Waals surface area contributed by atoms with Gasteiger partial charge in [0.25, 0.3) is 5.91 Å². The molecule has 0 aromatic heterocycles. The van der Waals surface area contributed by atoms with Crippen molar-refractivity contribution in [3.8, 4) is 0 Å². The van der Waals surface area contributed by atoms with Gasteiger partial charge < -0.3 is 10.1 Å². The summed E-state index contributed by atoms with van der Waals surface area (Å²) in [5.74, 6) is -1.70. The summed E-state index contributed by atoms with van der Waals surface area (Å²) in [5.41, 5.74) is 0.579. The lowest BCUT2D eigenvalue weighted by Crippen LogP contribution is -2.45. The summed E-state index contributed by atoms with van der Waals surface area (Å²) < 4.78 is 17.5. The topological polar surface area (TPSA) is 84.5 Å². The summed E-state index contributed by atoms with van der Waals surface area (Å²) in [6, 6.07) is 4.93. The zero-order valence-electron chi connectivity index (χ0n) is 12.6. The molecule has 23 heavy (non-hydrogen) atoms. The van der Waals surface area contributed by atoms with Crippen LogP contribution in [0.25, 0.3) is 0 Å². The van der Waals surface area contributed by atoms with Crippen LogP contribution < -0.4 is 10.6 Å². The molecule has 0 heterocycles. The van der Waals surface area contributed by atoms with E-state index in [2.05, 4.69) is 10.6 Å². The molecule has 2 rings (SSSR count). The molecule has 1 aromatic carbocycles. The molecular formula is C16H19FN2O4. The Morgan fingerprint density at radius 2 is 1.78 bits per heavy atom.